The minimum absolute atomic E-state index is 0.727. The van der Waals surface area contributed by atoms with Crippen LogP contribution in [0.1, 0.15) is 12.5 Å². The van der Waals surface area contributed by atoms with E-state index in [4.69, 9.17) is 0 Å². The number of aromatic nitrogens is 1. The van der Waals surface area contributed by atoms with Crippen LogP contribution in [-0.4, -0.2) is 11.2 Å². The number of para-hydroxylation sites is 1. The fourth-order valence-electron chi connectivity index (χ4n) is 2.02. The lowest BCUT2D eigenvalue weighted by molar-refractivity contribution is 0.853. The van der Waals surface area contributed by atoms with Crippen molar-refractivity contribution in [3.8, 4) is 0 Å². The van der Waals surface area contributed by atoms with Gasteiger partial charge in [0.1, 0.15) is 0 Å². The number of hydrazone groups is 1. The van der Waals surface area contributed by atoms with E-state index >= 15 is 0 Å². The van der Waals surface area contributed by atoms with E-state index in [0.29, 0.717) is 0 Å². The van der Waals surface area contributed by atoms with Gasteiger partial charge in [0.2, 0.25) is 5.13 Å². The van der Waals surface area contributed by atoms with Crippen molar-refractivity contribution in [3.05, 3.63) is 60.2 Å². The summed E-state index contributed by atoms with van der Waals surface area (Å²) in [5, 5.41) is 7.31. The van der Waals surface area contributed by atoms with Gasteiger partial charge >= 0.3 is 0 Å². The molecule has 0 spiro atoms. The number of rotatable bonds is 4. The highest BCUT2D eigenvalue weighted by Crippen LogP contribution is 2.29. The van der Waals surface area contributed by atoms with Gasteiger partial charge in [-0.25, -0.2) is 9.99 Å². The van der Waals surface area contributed by atoms with E-state index < -0.39 is 0 Å². The molecule has 0 atom stereocenters. The summed E-state index contributed by atoms with van der Waals surface area (Å²) in [6.07, 6.45) is 1.80. The lowest BCUT2D eigenvalue weighted by Crippen LogP contribution is -2.15. The van der Waals surface area contributed by atoms with Gasteiger partial charge in [0.25, 0.3) is 0 Å². The van der Waals surface area contributed by atoms with E-state index in [-0.39, 0.29) is 0 Å². The van der Waals surface area contributed by atoms with Gasteiger partial charge in [-0.05, 0) is 24.6 Å². The van der Waals surface area contributed by atoms with Gasteiger partial charge in [-0.3, -0.25) is 0 Å². The van der Waals surface area contributed by atoms with Gasteiger partial charge in [0.05, 0.1) is 16.8 Å². The largest absolute Gasteiger partial charge is 0.235 e. The molecule has 0 saturated carbocycles. The minimum Gasteiger partial charge on any atom is -0.235 e. The Hall–Kier alpha value is -2.20. The Bertz CT molecular complexity index is 686. The molecule has 0 N–H and O–H groups in total. The highest BCUT2D eigenvalue weighted by molar-refractivity contribution is 7.22. The van der Waals surface area contributed by atoms with Gasteiger partial charge in [-0.2, -0.15) is 5.10 Å². The number of benzene rings is 2. The zero-order valence-electron chi connectivity index (χ0n) is 11.2. The summed E-state index contributed by atoms with van der Waals surface area (Å²) in [4.78, 5) is 4.66. The fourth-order valence-corrected chi connectivity index (χ4v) is 2.95. The first-order chi connectivity index (χ1) is 9.86. The molecule has 0 radical (unpaired) electrons. The van der Waals surface area contributed by atoms with Gasteiger partial charge in [0, 0.05) is 6.21 Å². The summed E-state index contributed by atoms with van der Waals surface area (Å²) in [5.41, 5.74) is 2.24. The first-order valence-corrected chi connectivity index (χ1v) is 7.34. The maximum Gasteiger partial charge on any atom is 0.207 e. The van der Waals surface area contributed by atoms with Crippen molar-refractivity contribution in [3.63, 3.8) is 0 Å². The lowest BCUT2D eigenvalue weighted by Gasteiger charge is -2.15. The van der Waals surface area contributed by atoms with Gasteiger partial charge in [-0.15, -0.1) is 0 Å². The highest BCUT2D eigenvalue weighted by Gasteiger charge is 2.11. The van der Waals surface area contributed by atoms with E-state index in [1.54, 1.807) is 17.6 Å². The Morgan fingerprint density at radius 1 is 1.10 bits per heavy atom. The number of anilines is 1. The monoisotopic (exact) mass is 281 g/mol. The molecule has 3 nitrogen and oxygen atoms in total. The molecule has 1 heterocycles. The second-order valence-electron chi connectivity index (χ2n) is 4.38. The van der Waals surface area contributed by atoms with Gasteiger partial charge in [0.15, 0.2) is 0 Å². The number of fused-ring (bicyclic) bond motifs is 1. The maximum absolute atomic E-state index is 4.66. The zero-order chi connectivity index (χ0) is 13.8. The molecule has 3 rings (SSSR count). The molecule has 0 aliphatic carbocycles. The zero-order valence-corrected chi connectivity index (χ0v) is 12.0. The van der Waals surface area contributed by atoms with E-state index in [0.717, 1.165) is 17.2 Å². The molecule has 0 aliphatic heterocycles. The molecule has 1 aromatic heterocycles. The molecule has 0 aliphatic rings. The average molecular weight is 281 g/mol. The Morgan fingerprint density at radius 3 is 2.60 bits per heavy atom. The number of hydrogen-bond acceptors (Lipinski definition) is 4. The smallest absolute Gasteiger partial charge is 0.207 e. The van der Waals surface area contributed by atoms with E-state index in [2.05, 4.69) is 28.3 Å². The number of hydrogen-bond donors (Lipinski definition) is 0. The summed E-state index contributed by atoms with van der Waals surface area (Å²) in [7, 11) is 0. The highest BCUT2D eigenvalue weighted by atomic mass is 32.1. The molecule has 0 bridgehead atoms. The summed E-state index contributed by atoms with van der Waals surface area (Å²) in [5.74, 6) is 0. The van der Waals surface area contributed by atoms with Crippen LogP contribution in [0.3, 0.4) is 0 Å². The van der Waals surface area contributed by atoms with Crippen molar-refractivity contribution >= 4 is 32.9 Å². The van der Waals surface area contributed by atoms with Crippen molar-refractivity contribution in [2.75, 3.05) is 5.01 Å². The van der Waals surface area contributed by atoms with Crippen molar-refractivity contribution in [1.82, 2.24) is 4.98 Å². The van der Waals surface area contributed by atoms with Crippen molar-refractivity contribution in [1.29, 1.82) is 0 Å². The molecule has 100 valence electrons. The van der Waals surface area contributed by atoms with E-state index in [1.165, 1.54) is 10.3 Å². The third-order valence-corrected chi connectivity index (χ3v) is 3.98. The van der Waals surface area contributed by atoms with Gasteiger partial charge in [-0.1, -0.05) is 53.8 Å². The molecule has 0 fully saturated rings. The van der Waals surface area contributed by atoms with Crippen LogP contribution in [0.4, 0.5) is 5.13 Å². The topological polar surface area (TPSA) is 28.5 Å². The SMILES string of the molecule is C/C=N/N(Cc1ccccc1)c1nc2ccccc2s1. The first-order valence-electron chi connectivity index (χ1n) is 6.52. The normalized spacial score (nSPS) is 11.2. The molecule has 2 aromatic carbocycles. The fraction of sp³-hybridized carbons (Fsp3) is 0.125. The van der Waals surface area contributed by atoms with E-state index in [1.807, 2.05) is 48.3 Å². The molecule has 3 aromatic rings. The Morgan fingerprint density at radius 2 is 1.85 bits per heavy atom. The molecule has 20 heavy (non-hydrogen) atoms. The lowest BCUT2D eigenvalue weighted by atomic mass is 10.2. The second-order valence-corrected chi connectivity index (χ2v) is 5.39. The van der Waals surface area contributed by atoms with Crippen molar-refractivity contribution in [2.24, 2.45) is 5.10 Å². The van der Waals surface area contributed by atoms with Crippen LogP contribution < -0.4 is 5.01 Å². The molecule has 0 saturated heterocycles. The van der Waals surface area contributed by atoms with Crippen LogP contribution in [-0.2, 0) is 6.54 Å². The van der Waals surface area contributed by atoms with E-state index in [9.17, 15) is 0 Å². The summed E-state index contributed by atoms with van der Waals surface area (Å²) in [6, 6.07) is 18.5. The summed E-state index contributed by atoms with van der Waals surface area (Å²) < 4.78 is 1.19. The quantitative estimate of drug-likeness (QED) is 0.526. The predicted molar refractivity (Wildman–Crippen MR) is 86.4 cm³/mol. The Labute approximate surface area is 122 Å². The van der Waals surface area contributed by atoms with Crippen LogP contribution >= 0.6 is 11.3 Å². The maximum atomic E-state index is 4.66. The average Bonchev–Trinajstić information content (AvgIpc) is 2.92. The van der Waals surface area contributed by atoms with Crippen LogP contribution in [0.5, 0.6) is 0 Å². The first kappa shape index (κ1) is 12.8. The Balaban J connectivity index is 1.93. The molecular weight excluding hydrogens is 266 g/mol. The standard InChI is InChI=1S/C16H15N3S/c1-2-17-19(12-13-8-4-3-5-9-13)16-18-14-10-6-7-11-15(14)20-16/h2-11H,12H2,1H3/b17-2+. The third-order valence-electron chi connectivity index (χ3n) is 2.93. The van der Waals surface area contributed by atoms with Crippen LogP contribution in [0.2, 0.25) is 0 Å². The minimum atomic E-state index is 0.727. The molecule has 4 heteroatoms. The molecular formula is C16H15N3S. The van der Waals surface area contributed by atoms with Crippen LogP contribution in [0, 0.1) is 0 Å². The van der Waals surface area contributed by atoms with Crippen LogP contribution in [0.25, 0.3) is 10.2 Å². The molecule has 0 unspecified atom stereocenters. The number of thiazole rings is 1. The third kappa shape index (κ3) is 2.70. The summed E-state index contributed by atoms with van der Waals surface area (Å²) >= 11 is 1.67. The van der Waals surface area contributed by atoms with Gasteiger partial charge < -0.3 is 0 Å². The molecule has 0 amide bonds. The predicted octanol–water partition coefficient (Wildman–Crippen LogP) is 4.31. The van der Waals surface area contributed by atoms with Crippen LogP contribution in [0.15, 0.2) is 59.7 Å². The summed E-state index contributed by atoms with van der Waals surface area (Å²) in [6.45, 7) is 2.65. The Kier molecular flexibility index (Phi) is 3.74. The second kappa shape index (κ2) is 5.84. The number of nitrogens with zero attached hydrogens (tertiary/aromatic N) is 3. The van der Waals surface area contributed by atoms with Crippen molar-refractivity contribution in [2.45, 2.75) is 13.5 Å². The van der Waals surface area contributed by atoms with Crippen molar-refractivity contribution < 1.29 is 0 Å².